The second kappa shape index (κ2) is 12.6. The van der Waals surface area contributed by atoms with Crippen molar-refractivity contribution >= 4 is 43.5 Å². The van der Waals surface area contributed by atoms with Crippen molar-refractivity contribution in [2.24, 2.45) is 0 Å². The van der Waals surface area contributed by atoms with E-state index in [0.29, 0.717) is 15.9 Å². The van der Waals surface area contributed by atoms with Gasteiger partial charge in [-0.3, -0.25) is 13.9 Å². The van der Waals surface area contributed by atoms with Crippen LogP contribution in [0, 0.1) is 0 Å². The molecule has 2 amide bonds. The highest BCUT2D eigenvalue weighted by Gasteiger charge is 2.34. The van der Waals surface area contributed by atoms with Crippen LogP contribution in [0.25, 0.3) is 0 Å². The van der Waals surface area contributed by atoms with Crippen molar-refractivity contribution in [3.05, 3.63) is 100 Å². The molecule has 7 nitrogen and oxygen atoms in total. The van der Waals surface area contributed by atoms with Gasteiger partial charge < -0.3 is 10.2 Å². The minimum absolute atomic E-state index is 0.0522. The number of benzene rings is 3. The molecule has 1 N–H and O–H groups in total. The minimum atomic E-state index is -4.71. The summed E-state index contributed by atoms with van der Waals surface area (Å²) in [5.74, 6) is -1.24. The summed E-state index contributed by atoms with van der Waals surface area (Å²) in [4.78, 5) is 28.1. The zero-order valence-corrected chi connectivity index (χ0v) is 23.6. The number of amides is 2. The van der Waals surface area contributed by atoms with Crippen molar-refractivity contribution in [2.75, 3.05) is 24.2 Å². The third-order valence-electron chi connectivity index (χ3n) is 5.90. The van der Waals surface area contributed by atoms with Crippen molar-refractivity contribution in [1.29, 1.82) is 0 Å². The SMILES string of the molecule is CNC(=O)[C@H](Cc1ccccc1)N(Cc1cccc(Br)c1)C(=O)CN(c1cccc(C(F)(F)F)c1)S(C)(=O)=O. The third kappa shape index (κ3) is 8.30. The Bertz CT molecular complexity index is 1420. The molecule has 3 rings (SSSR count). The number of carbonyl (C=O) groups excluding carboxylic acids is 2. The maximum Gasteiger partial charge on any atom is 0.416 e. The van der Waals surface area contributed by atoms with E-state index < -0.39 is 46.2 Å². The molecule has 0 spiro atoms. The van der Waals surface area contributed by atoms with Gasteiger partial charge in [-0.05, 0) is 41.5 Å². The first kappa shape index (κ1) is 30.2. The molecule has 39 heavy (non-hydrogen) atoms. The second-order valence-electron chi connectivity index (χ2n) is 8.79. The molecule has 3 aromatic carbocycles. The van der Waals surface area contributed by atoms with Crippen LogP contribution >= 0.6 is 15.9 Å². The molecular formula is C27H27BrF3N3O4S. The molecule has 0 bridgehead atoms. The highest BCUT2D eigenvalue weighted by Crippen LogP contribution is 2.32. The van der Waals surface area contributed by atoms with E-state index in [9.17, 15) is 31.2 Å². The van der Waals surface area contributed by atoms with Crippen LogP contribution in [0.1, 0.15) is 16.7 Å². The lowest BCUT2D eigenvalue weighted by Crippen LogP contribution is -2.52. The van der Waals surface area contributed by atoms with Crippen LogP contribution in [0.3, 0.4) is 0 Å². The summed E-state index contributed by atoms with van der Waals surface area (Å²) in [7, 11) is -2.76. The lowest BCUT2D eigenvalue weighted by atomic mass is 10.0. The molecule has 0 saturated carbocycles. The van der Waals surface area contributed by atoms with Gasteiger partial charge in [-0.1, -0.05) is 64.5 Å². The smallest absolute Gasteiger partial charge is 0.357 e. The molecule has 0 unspecified atom stereocenters. The largest absolute Gasteiger partial charge is 0.416 e. The van der Waals surface area contributed by atoms with E-state index >= 15 is 0 Å². The summed E-state index contributed by atoms with van der Waals surface area (Å²) < 4.78 is 66.8. The van der Waals surface area contributed by atoms with Crippen LogP contribution in [0.5, 0.6) is 0 Å². The predicted octanol–water partition coefficient (Wildman–Crippen LogP) is 4.62. The molecule has 0 aliphatic heterocycles. The highest BCUT2D eigenvalue weighted by atomic mass is 79.9. The van der Waals surface area contributed by atoms with Gasteiger partial charge in [0.05, 0.1) is 17.5 Å². The summed E-state index contributed by atoms with van der Waals surface area (Å²) in [6, 6.07) is 18.7. The standard InChI is InChI=1S/C27H27BrF3N3O4S/c1-32-26(36)24(15-19-8-4-3-5-9-19)33(17-20-10-6-12-22(28)14-20)25(35)18-34(39(2,37)38)23-13-7-11-21(16-23)27(29,30)31/h3-14,16,24H,15,17-18H2,1-2H3,(H,32,36)/t24-/m0/s1. The maximum absolute atomic E-state index is 13.8. The van der Waals surface area contributed by atoms with E-state index in [1.807, 2.05) is 6.07 Å². The summed E-state index contributed by atoms with van der Waals surface area (Å²) in [6.45, 7) is -0.861. The van der Waals surface area contributed by atoms with Crippen molar-refractivity contribution < 1.29 is 31.2 Å². The average Bonchev–Trinajstić information content (AvgIpc) is 2.88. The van der Waals surface area contributed by atoms with Gasteiger partial charge >= 0.3 is 6.18 Å². The summed E-state index contributed by atoms with van der Waals surface area (Å²) in [5.41, 5.74) is 0.0442. The zero-order chi connectivity index (χ0) is 28.8. The van der Waals surface area contributed by atoms with E-state index in [2.05, 4.69) is 21.2 Å². The fraction of sp³-hybridized carbons (Fsp3) is 0.259. The fourth-order valence-electron chi connectivity index (χ4n) is 4.00. The van der Waals surface area contributed by atoms with Crippen LogP contribution in [0.15, 0.2) is 83.3 Å². The van der Waals surface area contributed by atoms with Crippen LogP contribution in [-0.4, -0.2) is 51.0 Å². The van der Waals surface area contributed by atoms with E-state index in [-0.39, 0.29) is 18.7 Å². The van der Waals surface area contributed by atoms with Crippen molar-refractivity contribution in [2.45, 2.75) is 25.2 Å². The number of rotatable bonds is 10. The molecule has 12 heteroatoms. The van der Waals surface area contributed by atoms with Gasteiger partial charge in [-0.15, -0.1) is 0 Å². The molecule has 0 heterocycles. The summed E-state index contributed by atoms with van der Waals surface area (Å²) >= 11 is 3.38. The lowest BCUT2D eigenvalue weighted by molar-refractivity contribution is -0.139. The Hall–Kier alpha value is -3.38. The quantitative estimate of drug-likeness (QED) is 0.356. The van der Waals surface area contributed by atoms with Crippen LogP contribution in [-0.2, 0) is 38.8 Å². The molecule has 0 aliphatic carbocycles. The number of sulfonamides is 1. The Kier molecular flexibility index (Phi) is 9.78. The number of nitrogens with one attached hydrogen (secondary N) is 1. The number of hydrogen-bond donors (Lipinski definition) is 1. The van der Waals surface area contributed by atoms with Crippen LogP contribution in [0.4, 0.5) is 18.9 Å². The number of hydrogen-bond acceptors (Lipinski definition) is 4. The monoisotopic (exact) mass is 625 g/mol. The summed E-state index contributed by atoms with van der Waals surface area (Å²) in [6.07, 6.45) is -3.78. The topological polar surface area (TPSA) is 86.8 Å². The molecule has 1 atom stereocenters. The van der Waals surface area contributed by atoms with E-state index in [1.54, 1.807) is 48.5 Å². The number of nitrogens with zero attached hydrogens (tertiary/aromatic N) is 2. The second-order valence-corrected chi connectivity index (χ2v) is 11.6. The highest BCUT2D eigenvalue weighted by molar-refractivity contribution is 9.10. The molecule has 208 valence electrons. The van der Waals surface area contributed by atoms with E-state index in [1.165, 1.54) is 18.0 Å². The number of alkyl halides is 3. The Morgan fingerprint density at radius 2 is 1.59 bits per heavy atom. The first-order chi connectivity index (χ1) is 18.3. The number of carbonyl (C=O) groups is 2. The molecule has 0 saturated heterocycles. The molecule has 0 fully saturated rings. The van der Waals surface area contributed by atoms with Gasteiger partial charge in [0.15, 0.2) is 0 Å². The van der Waals surface area contributed by atoms with Crippen molar-refractivity contribution in [3.63, 3.8) is 0 Å². The van der Waals surface area contributed by atoms with Gasteiger partial charge in [-0.25, -0.2) is 8.42 Å². The molecular weight excluding hydrogens is 599 g/mol. The Morgan fingerprint density at radius 3 is 2.18 bits per heavy atom. The third-order valence-corrected chi connectivity index (χ3v) is 7.53. The van der Waals surface area contributed by atoms with Gasteiger partial charge in [0, 0.05) is 24.5 Å². The minimum Gasteiger partial charge on any atom is -0.357 e. The van der Waals surface area contributed by atoms with E-state index in [4.69, 9.17) is 0 Å². The van der Waals surface area contributed by atoms with Crippen molar-refractivity contribution in [3.8, 4) is 0 Å². The van der Waals surface area contributed by atoms with Crippen molar-refractivity contribution in [1.82, 2.24) is 10.2 Å². The number of likely N-dealkylation sites (N-methyl/N-ethyl adjacent to an activating group) is 1. The van der Waals surface area contributed by atoms with Crippen LogP contribution < -0.4 is 9.62 Å². The summed E-state index contributed by atoms with van der Waals surface area (Å²) in [5, 5.41) is 2.56. The number of halogens is 4. The zero-order valence-electron chi connectivity index (χ0n) is 21.2. The molecule has 0 aliphatic rings. The predicted molar refractivity (Wildman–Crippen MR) is 146 cm³/mol. The molecule has 0 aromatic heterocycles. The first-order valence-electron chi connectivity index (χ1n) is 11.7. The Morgan fingerprint density at radius 1 is 0.949 bits per heavy atom. The fourth-order valence-corrected chi connectivity index (χ4v) is 5.29. The van der Waals surface area contributed by atoms with Gasteiger partial charge in [0.1, 0.15) is 12.6 Å². The van der Waals surface area contributed by atoms with E-state index in [0.717, 1.165) is 28.4 Å². The van der Waals surface area contributed by atoms with Crippen LogP contribution in [0.2, 0.25) is 0 Å². The Labute approximate surface area is 233 Å². The number of anilines is 1. The molecule has 3 aromatic rings. The molecule has 0 radical (unpaired) electrons. The van der Waals surface area contributed by atoms with Gasteiger partial charge in [0.25, 0.3) is 0 Å². The lowest BCUT2D eigenvalue weighted by Gasteiger charge is -2.33. The van der Waals surface area contributed by atoms with Gasteiger partial charge in [-0.2, -0.15) is 13.2 Å². The average molecular weight is 626 g/mol. The maximum atomic E-state index is 13.8. The first-order valence-corrected chi connectivity index (χ1v) is 14.4. The van der Waals surface area contributed by atoms with Gasteiger partial charge in [0.2, 0.25) is 21.8 Å². The Balaban J connectivity index is 2.05. The normalized spacial score (nSPS) is 12.5.